The lowest BCUT2D eigenvalue weighted by Crippen LogP contribution is -2.16. The van der Waals surface area contributed by atoms with Crippen LogP contribution in [-0.2, 0) is 12.8 Å². The number of phenols is 2. The molecule has 0 fully saturated rings. The van der Waals surface area contributed by atoms with E-state index in [2.05, 4.69) is 18.2 Å². The molecule has 0 bridgehead atoms. The maximum atomic E-state index is 13.0. The molecule has 0 saturated carbocycles. The van der Waals surface area contributed by atoms with Crippen LogP contribution in [0.3, 0.4) is 0 Å². The van der Waals surface area contributed by atoms with Gasteiger partial charge < -0.3 is 10.2 Å². The first-order valence-corrected chi connectivity index (χ1v) is 9.29. The molecule has 136 valence electrons. The fourth-order valence-corrected chi connectivity index (χ4v) is 4.20. The molecule has 0 aliphatic heterocycles. The van der Waals surface area contributed by atoms with E-state index in [1.165, 1.54) is 6.07 Å². The van der Waals surface area contributed by atoms with Gasteiger partial charge in [0.1, 0.15) is 11.5 Å². The van der Waals surface area contributed by atoms with Gasteiger partial charge in [-0.05, 0) is 45.5 Å². The van der Waals surface area contributed by atoms with E-state index >= 15 is 0 Å². The maximum Gasteiger partial charge on any atom is 0.201 e. The monoisotopic (exact) mass is 366 g/mol. The van der Waals surface area contributed by atoms with E-state index in [1.54, 1.807) is 6.07 Å². The number of hydrogen-bond acceptors (Lipinski definition) is 3. The molecule has 5 rings (SSSR count). The Morgan fingerprint density at radius 1 is 0.714 bits per heavy atom. The summed E-state index contributed by atoms with van der Waals surface area (Å²) in [5.74, 6) is -0.331. The van der Waals surface area contributed by atoms with Crippen molar-refractivity contribution >= 4 is 16.6 Å². The van der Waals surface area contributed by atoms with E-state index in [1.807, 2.05) is 42.5 Å². The summed E-state index contributed by atoms with van der Waals surface area (Å²) in [5, 5.41) is 23.4. The Morgan fingerprint density at radius 2 is 1.46 bits per heavy atom. The Morgan fingerprint density at radius 3 is 2.36 bits per heavy atom. The van der Waals surface area contributed by atoms with Crippen LogP contribution in [0.4, 0.5) is 0 Å². The van der Waals surface area contributed by atoms with E-state index in [0.29, 0.717) is 29.5 Å². The van der Waals surface area contributed by atoms with Crippen molar-refractivity contribution in [3.05, 3.63) is 106 Å². The van der Waals surface area contributed by atoms with E-state index in [4.69, 9.17) is 0 Å². The van der Waals surface area contributed by atoms with Crippen LogP contribution in [0.1, 0.15) is 38.2 Å². The first-order chi connectivity index (χ1) is 13.6. The van der Waals surface area contributed by atoms with E-state index in [0.717, 1.165) is 27.5 Å². The van der Waals surface area contributed by atoms with Crippen LogP contribution in [-0.4, -0.2) is 16.0 Å². The molecule has 3 heteroatoms. The zero-order valence-electron chi connectivity index (χ0n) is 15.1. The second kappa shape index (κ2) is 6.24. The number of hydrogen-bond donors (Lipinski definition) is 2. The molecular formula is C25H18O3. The molecule has 0 spiro atoms. The summed E-state index contributed by atoms with van der Waals surface area (Å²) >= 11 is 0. The third-order valence-corrected chi connectivity index (χ3v) is 5.57. The average molecular weight is 366 g/mol. The molecule has 2 N–H and O–H groups in total. The van der Waals surface area contributed by atoms with Crippen LogP contribution in [0.15, 0.2) is 72.8 Å². The van der Waals surface area contributed by atoms with Gasteiger partial charge in [0, 0.05) is 6.42 Å². The van der Waals surface area contributed by atoms with Crippen molar-refractivity contribution in [1.82, 2.24) is 0 Å². The minimum absolute atomic E-state index is 0.0179. The summed E-state index contributed by atoms with van der Waals surface area (Å²) in [6, 6.07) is 23.2. The van der Waals surface area contributed by atoms with Crippen molar-refractivity contribution < 1.29 is 15.0 Å². The minimum atomic E-state index is -0.313. The second-order valence-electron chi connectivity index (χ2n) is 7.24. The lowest BCUT2D eigenvalue weighted by atomic mass is 9.82. The number of carbonyl (C=O) groups excluding carboxylic acids is 1. The van der Waals surface area contributed by atoms with Gasteiger partial charge in [-0.1, -0.05) is 66.7 Å². The number of rotatable bonds is 2. The largest absolute Gasteiger partial charge is 0.507 e. The molecule has 0 atom stereocenters. The molecule has 4 aromatic rings. The molecule has 0 amide bonds. The van der Waals surface area contributed by atoms with E-state index in [-0.39, 0.29) is 17.3 Å². The lowest BCUT2D eigenvalue weighted by Gasteiger charge is -2.21. The van der Waals surface area contributed by atoms with Crippen LogP contribution >= 0.6 is 0 Å². The molecule has 3 nitrogen and oxygen atoms in total. The van der Waals surface area contributed by atoms with Crippen molar-refractivity contribution in [2.45, 2.75) is 12.8 Å². The van der Waals surface area contributed by atoms with E-state index in [9.17, 15) is 15.0 Å². The highest BCUT2D eigenvalue weighted by atomic mass is 16.3. The molecule has 0 saturated heterocycles. The molecule has 0 unspecified atom stereocenters. The van der Waals surface area contributed by atoms with Crippen molar-refractivity contribution in [3.8, 4) is 11.5 Å². The third kappa shape index (κ3) is 2.48. The topological polar surface area (TPSA) is 57.5 Å². The van der Waals surface area contributed by atoms with Crippen LogP contribution in [0.2, 0.25) is 0 Å². The minimum Gasteiger partial charge on any atom is -0.507 e. The Labute approximate surface area is 162 Å². The Kier molecular flexibility index (Phi) is 3.69. The van der Waals surface area contributed by atoms with Gasteiger partial charge in [-0.3, -0.25) is 4.79 Å². The van der Waals surface area contributed by atoms with Crippen LogP contribution in [0.5, 0.6) is 11.5 Å². The van der Waals surface area contributed by atoms with Crippen LogP contribution < -0.4 is 0 Å². The Bertz CT molecular complexity index is 1250. The van der Waals surface area contributed by atoms with Gasteiger partial charge in [-0.15, -0.1) is 0 Å². The zero-order chi connectivity index (χ0) is 19.3. The van der Waals surface area contributed by atoms with Crippen molar-refractivity contribution in [2.75, 3.05) is 0 Å². The summed E-state index contributed by atoms with van der Waals surface area (Å²) in [7, 11) is 0. The molecule has 28 heavy (non-hydrogen) atoms. The number of ketones is 1. The average Bonchev–Trinajstić information content (AvgIpc) is 2.70. The maximum absolute atomic E-state index is 13.0. The van der Waals surface area contributed by atoms with Gasteiger partial charge in [0.05, 0.1) is 11.1 Å². The van der Waals surface area contributed by atoms with E-state index < -0.39 is 0 Å². The SMILES string of the molecule is O=C1c2c(O)cccc2Cc2ccc(Cc3cccc4ccccc34)c(O)c21. The molecule has 0 heterocycles. The van der Waals surface area contributed by atoms with Gasteiger partial charge in [0.15, 0.2) is 0 Å². The quantitative estimate of drug-likeness (QED) is 0.463. The summed E-state index contributed by atoms with van der Waals surface area (Å²) in [6.45, 7) is 0. The molecular weight excluding hydrogens is 348 g/mol. The second-order valence-corrected chi connectivity index (χ2v) is 7.24. The Balaban J connectivity index is 1.61. The number of benzene rings is 4. The number of fused-ring (bicyclic) bond motifs is 3. The van der Waals surface area contributed by atoms with Gasteiger partial charge in [0.25, 0.3) is 0 Å². The van der Waals surface area contributed by atoms with Crippen LogP contribution in [0.25, 0.3) is 10.8 Å². The highest BCUT2D eigenvalue weighted by molar-refractivity contribution is 6.15. The molecule has 4 aromatic carbocycles. The normalized spacial score (nSPS) is 12.6. The first-order valence-electron chi connectivity index (χ1n) is 9.29. The molecule has 1 aliphatic carbocycles. The standard InChI is InChI=1S/C25H18O3/c26-21-10-4-8-17-14-18-11-12-19(24(27)23(18)25(28)22(17)21)13-16-7-3-6-15-5-1-2-9-20(15)16/h1-12,26-27H,13-14H2. The highest BCUT2D eigenvalue weighted by Gasteiger charge is 2.29. The molecule has 1 aliphatic rings. The Hall–Kier alpha value is -3.59. The van der Waals surface area contributed by atoms with Gasteiger partial charge in [-0.25, -0.2) is 0 Å². The highest BCUT2D eigenvalue weighted by Crippen LogP contribution is 2.38. The van der Waals surface area contributed by atoms with Gasteiger partial charge in [0.2, 0.25) is 5.78 Å². The number of aromatic hydroxyl groups is 2. The summed E-state index contributed by atoms with van der Waals surface area (Å²) in [5.41, 5.74) is 4.00. The fraction of sp³-hybridized carbons (Fsp3) is 0.0800. The predicted molar refractivity (Wildman–Crippen MR) is 109 cm³/mol. The third-order valence-electron chi connectivity index (χ3n) is 5.57. The van der Waals surface area contributed by atoms with Crippen molar-refractivity contribution in [3.63, 3.8) is 0 Å². The smallest absolute Gasteiger partial charge is 0.201 e. The van der Waals surface area contributed by atoms with Gasteiger partial charge >= 0.3 is 0 Å². The van der Waals surface area contributed by atoms with Crippen molar-refractivity contribution in [2.24, 2.45) is 0 Å². The fourth-order valence-electron chi connectivity index (χ4n) is 4.20. The van der Waals surface area contributed by atoms with Crippen LogP contribution in [0, 0.1) is 0 Å². The predicted octanol–water partition coefficient (Wildman–Crippen LogP) is 4.98. The number of carbonyl (C=O) groups is 1. The number of phenolic OH excluding ortho intramolecular Hbond substituents is 2. The summed E-state index contributed by atoms with van der Waals surface area (Å²) in [6.07, 6.45) is 1.05. The first kappa shape index (κ1) is 16.6. The summed E-state index contributed by atoms with van der Waals surface area (Å²) in [4.78, 5) is 13.0. The molecule has 0 aromatic heterocycles. The van der Waals surface area contributed by atoms with Gasteiger partial charge in [-0.2, -0.15) is 0 Å². The van der Waals surface area contributed by atoms with Crippen molar-refractivity contribution in [1.29, 1.82) is 0 Å². The summed E-state index contributed by atoms with van der Waals surface area (Å²) < 4.78 is 0. The molecule has 0 radical (unpaired) electrons. The lowest BCUT2D eigenvalue weighted by molar-refractivity contribution is 0.102. The zero-order valence-corrected chi connectivity index (χ0v) is 15.1.